The summed E-state index contributed by atoms with van der Waals surface area (Å²) in [5.41, 5.74) is 7.14. The Hall–Kier alpha value is -1.83. The number of nitrogens with zero attached hydrogens (tertiary/aromatic N) is 1. The van der Waals surface area contributed by atoms with Gasteiger partial charge in [0.1, 0.15) is 7.28 Å². The van der Waals surface area contributed by atoms with Crippen LogP contribution in [-0.2, 0) is 0 Å². The molecule has 1 radical (unpaired) electrons. The van der Waals surface area contributed by atoms with E-state index in [1.165, 1.54) is 22.2 Å². The Morgan fingerprint density at radius 2 is 1.63 bits per heavy atom. The van der Waals surface area contributed by atoms with Gasteiger partial charge in [0, 0.05) is 5.69 Å². The molecule has 2 aromatic rings. The Morgan fingerprint density at radius 3 is 2.21 bits per heavy atom. The summed E-state index contributed by atoms with van der Waals surface area (Å²) >= 11 is 0. The van der Waals surface area contributed by atoms with E-state index in [0.29, 0.717) is 0 Å². The second-order valence-electron chi connectivity index (χ2n) is 4.82. The Kier molecular flexibility index (Phi) is 4.21. The molecule has 1 heterocycles. The van der Waals surface area contributed by atoms with E-state index in [2.05, 4.69) is 69.3 Å². The van der Waals surface area contributed by atoms with Crippen molar-refractivity contribution in [2.45, 2.75) is 27.6 Å². The van der Waals surface area contributed by atoms with Crippen molar-refractivity contribution >= 4 is 23.9 Å². The van der Waals surface area contributed by atoms with Crippen LogP contribution in [0.2, 0.25) is 6.82 Å². The van der Waals surface area contributed by atoms with Crippen LogP contribution in [0, 0.1) is 6.92 Å². The molecule has 0 bridgehead atoms. The lowest BCUT2D eigenvalue weighted by Gasteiger charge is -2.09. The van der Waals surface area contributed by atoms with E-state index in [1.54, 1.807) is 0 Å². The van der Waals surface area contributed by atoms with Crippen LogP contribution in [0.3, 0.4) is 0 Å². The van der Waals surface area contributed by atoms with E-state index >= 15 is 0 Å². The monoisotopic (exact) mass is 248 g/mol. The quantitative estimate of drug-likeness (QED) is 0.754. The molecule has 1 aromatic heterocycles. The molecule has 0 spiro atoms. The standard InChI is InChI=1S/C17H19BN/c1-12-6-5-7-17(19-12)14(3)13(2)15-8-10-16(18-4)11-9-15/h5-11H,1-4H3/b14-13-. The van der Waals surface area contributed by atoms with Crippen LogP contribution in [-0.4, -0.2) is 12.3 Å². The van der Waals surface area contributed by atoms with Gasteiger partial charge in [-0.25, -0.2) is 0 Å². The normalized spacial score (nSPS) is 12.0. The fourth-order valence-electron chi connectivity index (χ4n) is 2.09. The van der Waals surface area contributed by atoms with Crippen molar-refractivity contribution in [1.29, 1.82) is 0 Å². The van der Waals surface area contributed by atoms with Gasteiger partial charge in [-0.3, -0.25) is 4.98 Å². The second kappa shape index (κ2) is 5.88. The molecule has 0 aliphatic heterocycles. The molecule has 2 heteroatoms. The minimum absolute atomic E-state index is 1.06. The van der Waals surface area contributed by atoms with Gasteiger partial charge in [-0.1, -0.05) is 42.6 Å². The number of rotatable bonds is 3. The summed E-state index contributed by atoms with van der Waals surface area (Å²) in [4.78, 5) is 4.59. The smallest absolute Gasteiger partial charge is 0.148 e. The minimum atomic E-state index is 1.06. The Balaban J connectivity index is 2.39. The minimum Gasteiger partial charge on any atom is -0.253 e. The summed E-state index contributed by atoms with van der Waals surface area (Å²) in [6, 6.07) is 14.8. The number of hydrogen-bond acceptors (Lipinski definition) is 1. The summed E-state index contributed by atoms with van der Waals surface area (Å²) in [6.45, 7) is 8.37. The van der Waals surface area contributed by atoms with Crippen LogP contribution in [0.15, 0.2) is 42.5 Å². The molecule has 95 valence electrons. The van der Waals surface area contributed by atoms with Crippen molar-refractivity contribution in [1.82, 2.24) is 4.98 Å². The summed E-state index contributed by atoms with van der Waals surface area (Å²) in [7, 11) is 2.11. The first-order valence-electron chi connectivity index (χ1n) is 6.63. The molecule has 0 N–H and O–H groups in total. The van der Waals surface area contributed by atoms with Gasteiger partial charge in [0.25, 0.3) is 0 Å². The highest BCUT2D eigenvalue weighted by atomic mass is 14.7. The summed E-state index contributed by atoms with van der Waals surface area (Å²) in [5, 5.41) is 0. The first kappa shape index (κ1) is 13.6. The number of allylic oxidation sites excluding steroid dienone is 2. The van der Waals surface area contributed by atoms with Gasteiger partial charge in [0.2, 0.25) is 0 Å². The number of pyridine rings is 1. The highest BCUT2D eigenvalue weighted by Crippen LogP contribution is 2.24. The third kappa shape index (κ3) is 3.14. The van der Waals surface area contributed by atoms with Crippen LogP contribution < -0.4 is 5.46 Å². The average Bonchev–Trinajstić information content (AvgIpc) is 2.46. The largest absolute Gasteiger partial charge is 0.253 e. The van der Waals surface area contributed by atoms with E-state index in [-0.39, 0.29) is 0 Å². The van der Waals surface area contributed by atoms with Crippen molar-refractivity contribution in [3.63, 3.8) is 0 Å². The summed E-state index contributed by atoms with van der Waals surface area (Å²) < 4.78 is 0. The van der Waals surface area contributed by atoms with Gasteiger partial charge in [0.05, 0.1) is 5.69 Å². The zero-order valence-corrected chi connectivity index (χ0v) is 12.1. The fraction of sp³-hybridized carbons (Fsp3) is 0.235. The van der Waals surface area contributed by atoms with Crippen LogP contribution in [0.5, 0.6) is 0 Å². The second-order valence-corrected chi connectivity index (χ2v) is 4.82. The Labute approximate surface area is 116 Å². The molecule has 0 aliphatic rings. The maximum atomic E-state index is 4.59. The van der Waals surface area contributed by atoms with Crippen LogP contribution in [0.25, 0.3) is 11.1 Å². The SMILES string of the molecule is C[B]c1ccc(/C(C)=C(/C)c2cccc(C)n2)cc1. The van der Waals surface area contributed by atoms with Crippen molar-refractivity contribution in [2.75, 3.05) is 0 Å². The van der Waals surface area contributed by atoms with Crippen LogP contribution in [0.1, 0.15) is 30.8 Å². The predicted octanol–water partition coefficient (Wildman–Crippen LogP) is 3.72. The molecule has 0 atom stereocenters. The Morgan fingerprint density at radius 1 is 0.947 bits per heavy atom. The van der Waals surface area contributed by atoms with Gasteiger partial charge in [-0.15, -0.1) is 0 Å². The molecule has 1 nitrogen and oxygen atoms in total. The van der Waals surface area contributed by atoms with Gasteiger partial charge < -0.3 is 0 Å². The lowest BCUT2D eigenvalue weighted by Crippen LogP contribution is -2.09. The van der Waals surface area contributed by atoms with Gasteiger partial charge in [0.15, 0.2) is 0 Å². The molecule has 0 amide bonds. The third-order valence-electron chi connectivity index (χ3n) is 3.51. The van der Waals surface area contributed by atoms with Crippen molar-refractivity contribution in [2.24, 2.45) is 0 Å². The van der Waals surface area contributed by atoms with Gasteiger partial charge >= 0.3 is 0 Å². The van der Waals surface area contributed by atoms with E-state index in [9.17, 15) is 0 Å². The third-order valence-corrected chi connectivity index (χ3v) is 3.51. The van der Waals surface area contributed by atoms with Crippen molar-refractivity contribution in [3.8, 4) is 0 Å². The summed E-state index contributed by atoms with van der Waals surface area (Å²) in [6.07, 6.45) is 0. The molecule has 19 heavy (non-hydrogen) atoms. The van der Waals surface area contributed by atoms with Crippen molar-refractivity contribution < 1.29 is 0 Å². The highest BCUT2D eigenvalue weighted by molar-refractivity contribution is 6.51. The molecule has 0 aliphatic carbocycles. The van der Waals surface area contributed by atoms with E-state index < -0.39 is 0 Å². The number of hydrogen-bond donors (Lipinski definition) is 0. The molecule has 1 aromatic carbocycles. The Bertz CT molecular complexity index is 597. The first-order chi connectivity index (χ1) is 9.11. The highest BCUT2D eigenvalue weighted by Gasteiger charge is 2.04. The molecule has 0 saturated heterocycles. The molecule has 2 rings (SSSR count). The molecule has 0 saturated carbocycles. The molecular weight excluding hydrogens is 229 g/mol. The van der Waals surface area contributed by atoms with E-state index in [4.69, 9.17) is 0 Å². The van der Waals surface area contributed by atoms with E-state index in [0.717, 1.165) is 11.4 Å². The van der Waals surface area contributed by atoms with Crippen LogP contribution in [0.4, 0.5) is 0 Å². The summed E-state index contributed by atoms with van der Waals surface area (Å²) in [5.74, 6) is 0. The molecule has 0 fully saturated rings. The van der Waals surface area contributed by atoms with E-state index in [1.807, 2.05) is 13.0 Å². The number of benzene rings is 1. The predicted molar refractivity (Wildman–Crippen MR) is 84.8 cm³/mol. The molecular formula is C17H19BN. The zero-order chi connectivity index (χ0) is 13.8. The zero-order valence-electron chi connectivity index (χ0n) is 12.1. The topological polar surface area (TPSA) is 12.9 Å². The molecule has 0 unspecified atom stereocenters. The number of aryl methyl sites for hydroxylation is 1. The average molecular weight is 248 g/mol. The first-order valence-corrected chi connectivity index (χ1v) is 6.63. The van der Waals surface area contributed by atoms with Gasteiger partial charge in [-0.05, 0) is 49.6 Å². The number of aromatic nitrogens is 1. The maximum Gasteiger partial charge on any atom is 0.148 e. The lowest BCUT2D eigenvalue weighted by molar-refractivity contribution is 1.17. The van der Waals surface area contributed by atoms with Gasteiger partial charge in [-0.2, -0.15) is 0 Å². The van der Waals surface area contributed by atoms with Crippen molar-refractivity contribution in [3.05, 3.63) is 59.4 Å². The fourth-order valence-corrected chi connectivity index (χ4v) is 2.09. The van der Waals surface area contributed by atoms with Crippen LogP contribution >= 0.6 is 0 Å². The lowest BCUT2D eigenvalue weighted by atomic mass is 9.73. The maximum absolute atomic E-state index is 4.59.